The van der Waals surface area contributed by atoms with Crippen molar-refractivity contribution in [2.24, 2.45) is 13.0 Å². The van der Waals surface area contributed by atoms with Crippen LogP contribution in [0.1, 0.15) is 18.4 Å². The van der Waals surface area contributed by atoms with Gasteiger partial charge in [0.1, 0.15) is 0 Å². The van der Waals surface area contributed by atoms with Crippen LogP contribution >= 0.6 is 24.8 Å². The summed E-state index contributed by atoms with van der Waals surface area (Å²) < 4.78 is 7.17. The highest BCUT2D eigenvalue weighted by Gasteiger charge is 2.34. The molecule has 3 heterocycles. The van der Waals surface area contributed by atoms with E-state index >= 15 is 0 Å². The lowest BCUT2D eigenvalue weighted by atomic mass is 9.90. The van der Waals surface area contributed by atoms with Gasteiger partial charge in [-0.25, -0.2) is 0 Å². The average molecular weight is 394 g/mol. The van der Waals surface area contributed by atoms with Crippen LogP contribution in [0.5, 0.6) is 0 Å². The molecule has 1 aromatic heterocycles. The molecule has 0 radical (unpaired) electrons. The molecule has 1 amide bonds. The first kappa shape index (κ1) is 22.2. The monoisotopic (exact) mass is 393 g/mol. The van der Waals surface area contributed by atoms with Gasteiger partial charge in [-0.3, -0.25) is 14.4 Å². The van der Waals surface area contributed by atoms with Crippen molar-refractivity contribution in [1.29, 1.82) is 0 Å². The van der Waals surface area contributed by atoms with Crippen molar-refractivity contribution in [2.45, 2.75) is 18.9 Å². The van der Waals surface area contributed by atoms with Crippen LogP contribution in [0.4, 0.5) is 0 Å². The molecule has 0 bridgehead atoms. The molecule has 144 valence electrons. The number of aryl methyl sites for hydroxylation is 1. The zero-order valence-electron chi connectivity index (χ0n) is 14.8. The Hall–Kier alpha value is -0.860. The summed E-state index contributed by atoms with van der Waals surface area (Å²) in [7, 11) is 1.91. The maximum atomic E-state index is 12.6. The maximum absolute atomic E-state index is 12.6. The largest absolute Gasteiger partial charge is 0.379 e. The molecule has 2 saturated heterocycles. The lowest BCUT2D eigenvalue weighted by Crippen LogP contribution is -2.48. The SMILES string of the molecule is CC(CNC(=O)[C@H]1CNC[C@@H]1c1cnn(C)c1)N1CCOCC1.Cl.Cl. The van der Waals surface area contributed by atoms with Crippen molar-refractivity contribution in [3.63, 3.8) is 0 Å². The number of aromatic nitrogens is 2. The molecule has 0 aliphatic carbocycles. The van der Waals surface area contributed by atoms with Crippen molar-refractivity contribution in [3.05, 3.63) is 18.0 Å². The van der Waals surface area contributed by atoms with Crippen LogP contribution in [0, 0.1) is 5.92 Å². The normalized spacial score (nSPS) is 24.9. The van der Waals surface area contributed by atoms with Crippen LogP contribution in [-0.2, 0) is 16.6 Å². The fourth-order valence-electron chi connectivity index (χ4n) is 3.46. The maximum Gasteiger partial charge on any atom is 0.225 e. The van der Waals surface area contributed by atoms with Gasteiger partial charge in [0, 0.05) is 57.9 Å². The Morgan fingerprint density at radius 1 is 1.40 bits per heavy atom. The molecule has 1 aromatic rings. The molecule has 0 spiro atoms. The molecule has 3 atom stereocenters. The Balaban J connectivity index is 0.00000156. The Morgan fingerprint density at radius 3 is 2.76 bits per heavy atom. The van der Waals surface area contributed by atoms with Crippen molar-refractivity contribution >= 4 is 30.7 Å². The summed E-state index contributed by atoms with van der Waals surface area (Å²) in [5.74, 6) is 0.336. The third-order valence-electron chi connectivity index (χ3n) is 4.94. The topological polar surface area (TPSA) is 71.4 Å². The second-order valence-corrected chi connectivity index (χ2v) is 6.56. The van der Waals surface area contributed by atoms with E-state index in [2.05, 4.69) is 27.6 Å². The van der Waals surface area contributed by atoms with E-state index in [1.54, 1.807) is 4.68 Å². The van der Waals surface area contributed by atoms with Crippen LogP contribution in [0.25, 0.3) is 0 Å². The first-order valence-electron chi connectivity index (χ1n) is 8.44. The third kappa shape index (κ3) is 5.56. The smallest absolute Gasteiger partial charge is 0.225 e. The molecule has 2 N–H and O–H groups in total. The summed E-state index contributed by atoms with van der Waals surface area (Å²) in [6, 6.07) is 0.342. The number of ether oxygens (including phenoxy) is 1. The van der Waals surface area contributed by atoms with Crippen molar-refractivity contribution < 1.29 is 9.53 Å². The standard InChI is InChI=1S/C16H27N5O2.2ClH/c1-12(21-3-5-23-6-4-21)7-18-16(22)15-10-17-9-14(15)13-8-19-20(2)11-13;;/h8,11-12,14-15,17H,3-7,9-10H2,1-2H3,(H,18,22);2*1H/t12?,14-,15+;;/m1../s1. The van der Waals surface area contributed by atoms with Crippen LogP contribution in [0.15, 0.2) is 12.4 Å². The first-order chi connectivity index (χ1) is 11.1. The molecule has 9 heteroatoms. The molecule has 7 nitrogen and oxygen atoms in total. The molecular formula is C16H29Cl2N5O2. The number of halogens is 2. The zero-order chi connectivity index (χ0) is 16.2. The molecule has 25 heavy (non-hydrogen) atoms. The molecule has 0 saturated carbocycles. The zero-order valence-corrected chi connectivity index (χ0v) is 16.4. The number of nitrogens with one attached hydrogen (secondary N) is 2. The van der Waals surface area contributed by atoms with E-state index in [-0.39, 0.29) is 42.6 Å². The Bertz CT molecular complexity index is 536. The first-order valence-corrected chi connectivity index (χ1v) is 8.44. The predicted molar refractivity (Wildman–Crippen MR) is 102 cm³/mol. The van der Waals surface area contributed by atoms with E-state index < -0.39 is 0 Å². The summed E-state index contributed by atoms with van der Waals surface area (Å²) in [5.41, 5.74) is 1.14. The Kier molecular flexibility index (Phi) is 9.16. The average Bonchev–Trinajstić information content (AvgIpc) is 3.21. The lowest BCUT2D eigenvalue weighted by Gasteiger charge is -2.32. The highest BCUT2D eigenvalue weighted by Crippen LogP contribution is 2.27. The fourth-order valence-corrected chi connectivity index (χ4v) is 3.46. The summed E-state index contributed by atoms with van der Waals surface area (Å²) in [4.78, 5) is 15.0. The van der Waals surface area contributed by atoms with Gasteiger partial charge in [0.25, 0.3) is 0 Å². The van der Waals surface area contributed by atoms with E-state index in [9.17, 15) is 4.79 Å². The lowest BCUT2D eigenvalue weighted by molar-refractivity contribution is -0.125. The number of carbonyl (C=O) groups is 1. The summed E-state index contributed by atoms with van der Waals surface area (Å²) >= 11 is 0. The molecule has 1 unspecified atom stereocenters. The molecule has 3 rings (SSSR count). The number of rotatable bonds is 5. The Labute approximate surface area is 161 Å². The number of carbonyl (C=O) groups excluding carboxylic acids is 1. The second-order valence-electron chi connectivity index (χ2n) is 6.56. The van der Waals surface area contributed by atoms with Crippen LogP contribution in [0.3, 0.4) is 0 Å². The number of amides is 1. The van der Waals surface area contributed by atoms with Gasteiger partial charge in [0.15, 0.2) is 0 Å². The number of nitrogens with zero attached hydrogens (tertiary/aromatic N) is 3. The third-order valence-corrected chi connectivity index (χ3v) is 4.94. The van der Waals surface area contributed by atoms with Gasteiger partial charge < -0.3 is 15.4 Å². The van der Waals surface area contributed by atoms with Gasteiger partial charge in [-0.05, 0) is 12.5 Å². The summed E-state index contributed by atoms with van der Waals surface area (Å²) in [6.45, 7) is 7.88. The van der Waals surface area contributed by atoms with E-state index in [0.29, 0.717) is 12.6 Å². The minimum Gasteiger partial charge on any atom is -0.379 e. The molecule has 0 aromatic carbocycles. The molecular weight excluding hydrogens is 365 g/mol. The molecule has 2 aliphatic rings. The number of hydrogen-bond acceptors (Lipinski definition) is 5. The number of morpholine rings is 1. The minimum absolute atomic E-state index is 0. The van der Waals surface area contributed by atoms with Gasteiger partial charge in [0.2, 0.25) is 5.91 Å². The highest BCUT2D eigenvalue weighted by atomic mass is 35.5. The van der Waals surface area contributed by atoms with Gasteiger partial charge >= 0.3 is 0 Å². The quantitative estimate of drug-likeness (QED) is 0.757. The molecule has 2 fully saturated rings. The fraction of sp³-hybridized carbons (Fsp3) is 0.750. The van der Waals surface area contributed by atoms with Crippen LogP contribution in [-0.4, -0.2) is 72.6 Å². The van der Waals surface area contributed by atoms with E-state index in [4.69, 9.17) is 4.74 Å². The Morgan fingerprint density at radius 2 is 2.12 bits per heavy atom. The highest BCUT2D eigenvalue weighted by molar-refractivity contribution is 5.85. The van der Waals surface area contributed by atoms with Crippen LogP contribution < -0.4 is 10.6 Å². The van der Waals surface area contributed by atoms with E-state index in [1.807, 2.05) is 19.4 Å². The van der Waals surface area contributed by atoms with Crippen molar-refractivity contribution in [2.75, 3.05) is 45.9 Å². The van der Waals surface area contributed by atoms with Crippen molar-refractivity contribution in [3.8, 4) is 0 Å². The summed E-state index contributed by atoms with van der Waals surface area (Å²) in [6.07, 6.45) is 3.88. The van der Waals surface area contributed by atoms with Gasteiger partial charge in [-0.15, -0.1) is 24.8 Å². The predicted octanol–water partition coefficient (Wildman–Crippen LogP) is 0.404. The van der Waals surface area contributed by atoms with E-state index in [0.717, 1.165) is 45.0 Å². The number of hydrogen-bond donors (Lipinski definition) is 2. The van der Waals surface area contributed by atoms with E-state index in [1.165, 1.54) is 0 Å². The molecule has 2 aliphatic heterocycles. The summed E-state index contributed by atoms with van der Waals surface area (Å²) in [5, 5.41) is 10.7. The second kappa shape index (κ2) is 10.3. The minimum atomic E-state index is -0.0175. The van der Waals surface area contributed by atoms with Gasteiger partial charge in [-0.1, -0.05) is 0 Å². The van der Waals surface area contributed by atoms with Crippen LogP contribution in [0.2, 0.25) is 0 Å². The van der Waals surface area contributed by atoms with Gasteiger partial charge in [-0.2, -0.15) is 5.10 Å². The van der Waals surface area contributed by atoms with Gasteiger partial charge in [0.05, 0.1) is 25.3 Å². The van der Waals surface area contributed by atoms with Crippen molar-refractivity contribution in [1.82, 2.24) is 25.3 Å².